The Kier molecular flexibility index (Phi) is 4.95. The van der Waals surface area contributed by atoms with Crippen LogP contribution in [0.2, 0.25) is 5.15 Å². The minimum absolute atomic E-state index is 0.0584. The van der Waals surface area contributed by atoms with Crippen LogP contribution in [0.3, 0.4) is 0 Å². The molecule has 1 saturated heterocycles. The van der Waals surface area contributed by atoms with Crippen LogP contribution >= 0.6 is 11.6 Å². The van der Waals surface area contributed by atoms with E-state index in [2.05, 4.69) is 15.5 Å². The lowest BCUT2D eigenvalue weighted by atomic mass is 9.96. The molecule has 1 N–H and O–H groups in total. The van der Waals surface area contributed by atoms with Crippen molar-refractivity contribution in [2.45, 2.75) is 38.1 Å². The van der Waals surface area contributed by atoms with Crippen LogP contribution in [0, 0.1) is 0 Å². The summed E-state index contributed by atoms with van der Waals surface area (Å²) in [5.74, 6) is 0.304. The van der Waals surface area contributed by atoms with Crippen molar-refractivity contribution in [3.63, 3.8) is 0 Å². The highest BCUT2D eigenvalue weighted by atomic mass is 35.5. The number of halogens is 1. The van der Waals surface area contributed by atoms with Gasteiger partial charge in [-0.15, -0.1) is 10.2 Å². The summed E-state index contributed by atoms with van der Waals surface area (Å²) in [7, 11) is 0. The number of carbonyl (C=O) groups is 2. The number of aromatic nitrogens is 2. The van der Waals surface area contributed by atoms with Crippen LogP contribution < -0.4 is 10.2 Å². The number of amides is 3. The zero-order valence-electron chi connectivity index (χ0n) is 12.9. The summed E-state index contributed by atoms with van der Waals surface area (Å²) in [4.78, 5) is 27.7. The normalized spacial score (nSPS) is 19.8. The molecule has 0 aromatic carbocycles. The minimum Gasteiger partial charge on any atom is -0.335 e. The summed E-state index contributed by atoms with van der Waals surface area (Å²) in [6.07, 6.45) is 5.62. The molecule has 1 aromatic rings. The third-order valence-electron chi connectivity index (χ3n) is 4.34. The summed E-state index contributed by atoms with van der Waals surface area (Å²) < 4.78 is 0. The molecule has 1 aliphatic heterocycles. The SMILES string of the molecule is O=C(NC1CCCCC1)N1CCN(c2ccc(Cl)nn2)C(=O)C1. The second kappa shape index (κ2) is 7.12. The molecule has 1 aliphatic carbocycles. The topological polar surface area (TPSA) is 78.4 Å². The van der Waals surface area contributed by atoms with Gasteiger partial charge in [0.25, 0.3) is 0 Å². The molecule has 23 heavy (non-hydrogen) atoms. The molecule has 1 saturated carbocycles. The zero-order chi connectivity index (χ0) is 16.2. The van der Waals surface area contributed by atoms with E-state index >= 15 is 0 Å². The minimum atomic E-state index is -0.160. The van der Waals surface area contributed by atoms with Gasteiger partial charge in [0.05, 0.1) is 0 Å². The van der Waals surface area contributed by atoms with E-state index in [1.165, 1.54) is 11.3 Å². The third kappa shape index (κ3) is 3.90. The average molecular weight is 338 g/mol. The Bertz CT molecular complexity index is 574. The molecule has 1 aromatic heterocycles. The fraction of sp³-hybridized carbons (Fsp3) is 0.600. The molecule has 0 radical (unpaired) electrons. The quantitative estimate of drug-likeness (QED) is 0.892. The van der Waals surface area contributed by atoms with Crippen LogP contribution in [0.25, 0.3) is 0 Å². The van der Waals surface area contributed by atoms with Crippen LogP contribution in [-0.2, 0) is 4.79 Å². The Hall–Kier alpha value is -1.89. The van der Waals surface area contributed by atoms with Crippen molar-refractivity contribution in [2.75, 3.05) is 24.5 Å². The Morgan fingerprint density at radius 3 is 2.61 bits per heavy atom. The van der Waals surface area contributed by atoms with E-state index in [0.29, 0.717) is 18.9 Å². The van der Waals surface area contributed by atoms with Crippen LogP contribution in [0.1, 0.15) is 32.1 Å². The fourth-order valence-electron chi connectivity index (χ4n) is 3.05. The molecule has 3 amide bonds. The van der Waals surface area contributed by atoms with Crippen molar-refractivity contribution in [1.29, 1.82) is 0 Å². The molecule has 0 bridgehead atoms. The van der Waals surface area contributed by atoms with Gasteiger partial charge in [-0.25, -0.2) is 4.79 Å². The number of piperazine rings is 1. The van der Waals surface area contributed by atoms with Gasteiger partial charge >= 0.3 is 6.03 Å². The standard InChI is InChI=1S/C15H20ClN5O2/c16-12-6-7-13(19-18-12)21-9-8-20(10-14(21)22)15(23)17-11-4-2-1-3-5-11/h6-7,11H,1-5,8-10H2,(H,17,23). The first-order valence-corrected chi connectivity index (χ1v) is 8.36. The van der Waals surface area contributed by atoms with Gasteiger partial charge in [0, 0.05) is 19.1 Å². The summed E-state index contributed by atoms with van der Waals surface area (Å²) in [6.45, 7) is 0.949. The van der Waals surface area contributed by atoms with Gasteiger partial charge in [-0.05, 0) is 25.0 Å². The second-order valence-corrected chi connectivity index (χ2v) is 6.35. The molecule has 7 nitrogen and oxygen atoms in total. The number of carbonyl (C=O) groups excluding carboxylic acids is 2. The van der Waals surface area contributed by atoms with Gasteiger partial charge in [0.2, 0.25) is 5.91 Å². The van der Waals surface area contributed by atoms with E-state index < -0.39 is 0 Å². The lowest BCUT2D eigenvalue weighted by molar-refractivity contribution is -0.120. The molecular formula is C15H20ClN5O2. The van der Waals surface area contributed by atoms with Crippen LogP contribution in [0.4, 0.5) is 10.6 Å². The van der Waals surface area contributed by atoms with Crippen LogP contribution in [-0.4, -0.2) is 52.7 Å². The Morgan fingerprint density at radius 1 is 1.17 bits per heavy atom. The largest absolute Gasteiger partial charge is 0.335 e. The number of nitrogens with zero attached hydrogens (tertiary/aromatic N) is 4. The maximum Gasteiger partial charge on any atom is 0.318 e. The molecule has 2 fully saturated rings. The van der Waals surface area contributed by atoms with E-state index in [9.17, 15) is 9.59 Å². The van der Waals surface area contributed by atoms with E-state index in [-0.39, 0.29) is 29.7 Å². The van der Waals surface area contributed by atoms with Crippen molar-refractivity contribution in [3.8, 4) is 0 Å². The average Bonchev–Trinajstić information content (AvgIpc) is 2.57. The second-order valence-electron chi connectivity index (χ2n) is 5.97. The molecule has 2 aliphatic rings. The zero-order valence-corrected chi connectivity index (χ0v) is 13.6. The Morgan fingerprint density at radius 2 is 1.96 bits per heavy atom. The van der Waals surface area contributed by atoms with Gasteiger partial charge in [0.15, 0.2) is 11.0 Å². The predicted molar refractivity (Wildman–Crippen MR) is 86.4 cm³/mol. The molecule has 8 heteroatoms. The summed E-state index contributed by atoms with van der Waals surface area (Å²) in [5, 5.41) is 11.0. The predicted octanol–water partition coefficient (Wildman–Crippen LogP) is 1.82. The number of rotatable bonds is 2. The summed E-state index contributed by atoms with van der Waals surface area (Å²) >= 11 is 5.71. The first-order chi connectivity index (χ1) is 11.1. The Balaban J connectivity index is 1.56. The van der Waals surface area contributed by atoms with Gasteiger partial charge in [-0.1, -0.05) is 30.9 Å². The van der Waals surface area contributed by atoms with Gasteiger partial charge in [-0.3, -0.25) is 9.69 Å². The lowest BCUT2D eigenvalue weighted by Gasteiger charge is -2.34. The number of anilines is 1. The van der Waals surface area contributed by atoms with Crippen LogP contribution in [0.15, 0.2) is 12.1 Å². The van der Waals surface area contributed by atoms with Gasteiger partial charge < -0.3 is 10.2 Å². The molecule has 0 atom stereocenters. The molecule has 2 heterocycles. The smallest absolute Gasteiger partial charge is 0.318 e. The number of hydrogen-bond donors (Lipinski definition) is 1. The highest BCUT2D eigenvalue weighted by Gasteiger charge is 2.30. The van der Waals surface area contributed by atoms with Crippen molar-refractivity contribution in [3.05, 3.63) is 17.3 Å². The molecule has 0 spiro atoms. The van der Waals surface area contributed by atoms with Crippen molar-refractivity contribution < 1.29 is 9.59 Å². The first kappa shape index (κ1) is 16.0. The molecule has 3 rings (SSSR count). The van der Waals surface area contributed by atoms with E-state index in [0.717, 1.165) is 25.7 Å². The molecular weight excluding hydrogens is 318 g/mol. The van der Waals surface area contributed by atoms with Crippen molar-refractivity contribution in [1.82, 2.24) is 20.4 Å². The van der Waals surface area contributed by atoms with Crippen molar-refractivity contribution in [2.24, 2.45) is 0 Å². The monoisotopic (exact) mass is 337 g/mol. The summed E-state index contributed by atoms with van der Waals surface area (Å²) in [6, 6.07) is 3.35. The fourth-order valence-corrected chi connectivity index (χ4v) is 3.16. The molecule has 0 unspecified atom stereocenters. The maximum absolute atomic E-state index is 12.3. The first-order valence-electron chi connectivity index (χ1n) is 7.98. The van der Waals surface area contributed by atoms with E-state index in [1.807, 2.05) is 0 Å². The maximum atomic E-state index is 12.3. The summed E-state index contributed by atoms with van der Waals surface area (Å²) in [5.41, 5.74) is 0. The third-order valence-corrected chi connectivity index (χ3v) is 4.54. The highest BCUT2D eigenvalue weighted by Crippen LogP contribution is 2.19. The molecule has 124 valence electrons. The van der Waals surface area contributed by atoms with Crippen LogP contribution in [0.5, 0.6) is 0 Å². The number of nitrogens with one attached hydrogen (secondary N) is 1. The lowest BCUT2D eigenvalue weighted by Crippen LogP contribution is -2.56. The Labute approximate surface area is 140 Å². The number of hydrogen-bond acceptors (Lipinski definition) is 4. The van der Waals surface area contributed by atoms with E-state index in [4.69, 9.17) is 11.6 Å². The highest BCUT2D eigenvalue weighted by molar-refractivity contribution is 6.29. The van der Waals surface area contributed by atoms with Crippen molar-refractivity contribution >= 4 is 29.4 Å². The van der Waals surface area contributed by atoms with Gasteiger partial charge in [-0.2, -0.15) is 0 Å². The van der Waals surface area contributed by atoms with Gasteiger partial charge in [0.1, 0.15) is 6.54 Å². The van der Waals surface area contributed by atoms with E-state index in [1.54, 1.807) is 17.0 Å². The number of urea groups is 1.